The second kappa shape index (κ2) is 15.1. The van der Waals surface area contributed by atoms with Crippen molar-refractivity contribution in [3.05, 3.63) is 0 Å². The molecule has 11 heteroatoms. The summed E-state index contributed by atoms with van der Waals surface area (Å²) in [4.78, 5) is 9.44. The third kappa shape index (κ3) is 49.9. The van der Waals surface area contributed by atoms with E-state index < -0.39 is 27.6 Å². The Kier molecular flexibility index (Phi) is 20.4. The summed E-state index contributed by atoms with van der Waals surface area (Å²) in [5.41, 5.74) is -3.12. The number of ketones is 1. The maximum absolute atomic E-state index is 11.6. The summed E-state index contributed by atoms with van der Waals surface area (Å²) in [6, 6.07) is 0. The van der Waals surface area contributed by atoms with Crippen LogP contribution < -0.4 is 0 Å². The molecule has 0 aliphatic carbocycles. The topological polar surface area (TPSA) is 60.4 Å². The van der Waals surface area contributed by atoms with Gasteiger partial charge >= 0.3 is 12.4 Å². The molecule has 0 N–H and O–H groups in total. The number of hydrogen-bond acceptors (Lipinski definition) is 4. The normalized spacial score (nSPS) is 11.8. The number of carbonyl (C=O) groups is 1. The quantitative estimate of drug-likeness (QED) is 0.444. The Morgan fingerprint density at radius 1 is 0.714 bits per heavy atom. The average Bonchev–Trinajstić information content (AvgIpc) is 2.20. The first-order chi connectivity index (χ1) is 11.6. The second-order valence-electron chi connectivity index (χ2n) is 8.08. The smallest absolute Gasteiger partial charge is 0.388 e. The van der Waals surface area contributed by atoms with Crippen LogP contribution in [-0.4, -0.2) is 53.3 Å². The summed E-state index contributed by atoms with van der Waals surface area (Å²) >= 11 is 0. The van der Waals surface area contributed by atoms with Gasteiger partial charge in [0.1, 0.15) is 15.6 Å². The lowest BCUT2D eigenvalue weighted by Gasteiger charge is -2.29. The van der Waals surface area contributed by atoms with E-state index in [-0.39, 0.29) is 19.6 Å². The van der Waals surface area contributed by atoms with E-state index in [1.165, 1.54) is 13.8 Å². The van der Waals surface area contributed by atoms with Gasteiger partial charge < -0.3 is 9.53 Å². The van der Waals surface area contributed by atoms with Gasteiger partial charge in [-0.25, -0.2) is 8.42 Å². The molecule has 0 aliphatic heterocycles. The van der Waals surface area contributed by atoms with Crippen LogP contribution in [0.1, 0.15) is 55.4 Å². The van der Waals surface area contributed by atoms with Crippen LogP contribution in [0, 0.1) is 10.8 Å². The Balaban J connectivity index is -0.0000000875. The van der Waals surface area contributed by atoms with E-state index in [4.69, 9.17) is 0 Å². The van der Waals surface area contributed by atoms with E-state index in [0.29, 0.717) is 5.41 Å². The molecule has 0 aromatic heterocycles. The van der Waals surface area contributed by atoms with Crippen molar-refractivity contribution in [2.24, 2.45) is 10.8 Å². The monoisotopic (exact) mass is 450 g/mol. The minimum absolute atomic E-state index is 0.104. The van der Waals surface area contributed by atoms with E-state index in [1.807, 2.05) is 0 Å². The van der Waals surface area contributed by atoms with Gasteiger partial charge in [0, 0.05) is 26.7 Å². The van der Waals surface area contributed by atoms with E-state index in [9.17, 15) is 39.6 Å². The van der Waals surface area contributed by atoms with E-state index >= 15 is 0 Å². The van der Waals surface area contributed by atoms with E-state index in [0.717, 1.165) is 12.5 Å². The van der Waals surface area contributed by atoms with Crippen molar-refractivity contribution in [3.63, 3.8) is 0 Å². The predicted octanol–water partition coefficient (Wildman–Crippen LogP) is 5.71. The molecule has 0 radical (unpaired) electrons. The van der Waals surface area contributed by atoms with E-state index in [1.54, 1.807) is 14.2 Å². The highest BCUT2D eigenvalue weighted by Crippen LogP contribution is 2.49. The van der Waals surface area contributed by atoms with Gasteiger partial charge in [-0.15, -0.1) is 0 Å². The predicted molar refractivity (Wildman–Crippen MR) is 101 cm³/mol. The number of ether oxygens (including phenoxy) is 1. The number of halogens is 6. The highest BCUT2D eigenvalue weighted by Gasteiger charge is 2.64. The molecule has 0 saturated heterocycles. The Morgan fingerprint density at radius 3 is 0.786 bits per heavy atom. The van der Waals surface area contributed by atoms with Crippen molar-refractivity contribution >= 4 is 15.6 Å². The van der Waals surface area contributed by atoms with Crippen molar-refractivity contribution in [2.75, 3.05) is 26.7 Å². The van der Waals surface area contributed by atoms with Crippen molar-refractivity contribution in [2.45, 2.75) is 67.7 Å². The lowest BCUT2D eigenvalue weighted by atomic mass is 9.92. The Bertz CT molecular complexity index is 453. The van der Waals surface area contributed by atoms with Crippen LogP contribution in [0.4, 0.5) is 26.3 Å². The Labute approximate surface area is 165 Å². The van der Waals surface area contributed by atoms with Gasteiger partial charge in [0.05, 0.1) is 0 Å². The zero-order valence-electron chi connectivity index (χ0n) is 18.8. The summed E-state index contributed by atoms with van der Waals surface area (Å²) in [6.07, 6.45) is -8.17. The fourth-order valence-electron chi connectivity index (χ4n) is 0.161. The van der Waals surface area contributed by atoms with Crippen LogP contribution in [-0.2, 0) is 19.4 Å². The fraction of sp³-hybridized carbons (Fsp3) is 0.941. The molecule has 0 heterocycles. The molecule has 4 nitrogen and oxygen atoms in total. The first-order valence-electron chi connectivity index (χ1n) is 7.80. The highest BCUT2D eigenvalue weighted by molar-refractivity contribution is 7.89. The summed E-state index contributed by atoms with van der Waals surface area (Å²) in [5, 5.41) is 0. The molecule has 176 valence electrons. The molecule has 0 unspecified atom stereocenters. The molecule has 0 aromatic rings. The molecule has 28 heavy (non-hydrogen) atoms. The van der Waals surface area contributed by atoms with Gasteiger partial charge in [-0.1, -0.05) is 27.7 Å². The molecule has 0 fully saturated rings. The number of rotatable bonds is 0. The molecule has 0 saturated carbocycles. The molecular formula is C17H36F6O4S. The van der Waals surface area contributed by atoms with Crippen molar-refractivity contribution in [1.82, 2.24) is 0 Å². The highest BCUT2D eigenvalue weighted by atomic mass is 32.2. The standard InChI is InChI=1S/C5H6F6.C5H12.C3H6O.C2H6O2S.C2H6O/c1-3(2,4(6,7)8)5(9,10)11;1-5(2,3)4;1-3(2)4;1-5(2,3)4;1-3-2/h1-2H3;1-4H3;1-2H3;1-2H3;1-2H3. The van der Waals surface area contributed by atoms with E-state index in [2.05, 4.69) is 32.4 Å². The zero-order chi connectivity index (χ0) is 24.8. The second-order valence-corrected chi connectivity index (χ2v) is 10.4. The van der Waals surface area contributed by atoms with Crippen LogP contribution in [0.15, 0.2) is 0 Å². The van der Waals surface area contributed by atoms with Crippen LogP contribution in [0.3, 0.4) is 0 Å². The third-order valence-electron chi connectivity index (χ3n) is 1.42. The summed E-state index contributed by atoms with van der Waals surface area (Å²) in [7, 11) is 0.583. The number of alkyl halides is 6. The average molecular weight is 451 g/mol. The maximum Gasteiger partial charge on any atom is 0.402 e. The van der Waals surface area contributed by atoms with Crippen LogP contribution in [0.5, 0.6) is 0 Å². The first kappa shape index (κ1) is 37.8. The third-order valence-corrected chi connectivity index (χ3v) is 1.42. The molecule has 0 spiro atoms. The van der Waals surface area contributed by atoms with Crippen molar-refractivity contribution < 1.29 is 44.3 Å². The number of methoxy groups -OCH3 is 1. The number of sulfone groups is 1. The Morgan fingerprint density at radius 2 is 0.786 bits per heavy atom. The maximum atomic E-state index is 11.6. The van der Waals surface area contributed by atoms with Gasteiger partial charge in [-0.3, -0.25) is 0 Å². The lowest BCUT2D eigenvalue weighted by Crippen LogP contribution is -2.44. The minimum atomic E-state index is -5.24. The van der Waals surface area contributed by atoms with Crippen molar-refractivity contribution in [1.29, 1.82) is 0 Å². The Hall–Kier alpha value is -0.840. The number of hydrogen-bond donors (Lipinski definition) is 0. The summed E-state index contributed by atoms with van der Waals surface area (Å²) < 4.78 is 93.2. The van der Waals surface area contributed by atoms with Gasteiger partial charge in [0.15, 0.2) is 5.41 Å². The molecule has 0 amide bonds. The molecule has 0 aliphatic rings. The summed E-state index contributed by atoms with van der Waals surface area (Å²) in [6.45, 7) is 12.0. The molecule has 0 rings (SSSR count). The van der Waals surface area contributed by atoms with Crippen LogP contribution in [0.2, 0.25) is 0 Å². The van der Waals surface area contributed by atoms with Gasteiger partial charge in [-0.2, -0.15) is 26.3 Å². The minimum Gasteiger partial charge on any atom is -0.388 e. The number of carbonyl (C=O) groups excluding carboxylic acids is 1. The van der Waals surface area contributed by atoms with Crippen molar-refractivity contribution in [3.8, 4) is 0 Å². The SMILES string of the molecule is CC(C)(C(F)(F)F)C(F)(F)F.CC(C)(C)C.CC(C)=O.COC.CS(C)(=O)=O. The van der Waals surface area contributed by atoms with Crippen LogP contribution >= 0.6 is 0 Å². The fourth-order valence-corrected chi connectivity index (χ4v) is 0.161. The zero-order valence-corrected chi connectivity index (χ0v) is 19.6. The number of Topliss-reactive ketones (excluding diaryl/α,β-unsaturated/α-hetero) is 1. The van der Waals surface area contributed by atoms with Gasteiger partial charge in [0.25, 0.3) is 0 Å². The summed E-state index contributed by atoms with van der Waals surface area (Å²) in [5.74, 6) is 0.167. The lowest BCUT2D eigenvalue weighted by molar-refractivity contribution is -0.327. The molecule has 0 aromatic carbocycles. The largest absolute Gasteiger partial charge is 0.402 e. The van der Waals surface area contributed by atoms with Crippen LogP contribution in [0.25, 0.3) is 0 Å². The van der Waals surface area contributed by atoms with Gasteiger partial charge in [-0.05, 0) is 33.1 Å². The molecule has 0 bridgehead atoms. The first-order valence-corrected chi connectivity index (χ1v) is 10.1. The molecular weight excluding hydrogens is 414 g/mol. The molecule has 0 atom stereocenters. The van der Waals surface area contributed by atoms with Gasteiger partial charge in [0.2, 0.25) is 0 Å².